The van der Waals surface area contributed by atoms with Crippen molar-refractivity contribution in [1.29, 1.82) is 0 Å². The molecule has 0 radical (unpaired) electrons. The van der Waals surface area contributed by atoms with Crippen LogP contribution in [0.1, 0.15) is 12.5 Å². The van der Waals surface area contributed by atoms with Crippen molar-refractivity contribution in [2.45, 2.75) is 20.0 Å². The van der Waals surface area contributed by atoms with Gasteiger partial charge in [-0.2, -0.15) is 4.98 Å². The van der Waals surface area contributed by atoms with Gasteiger partial charge in [0.1, 0.15) is 11.2 Å². The quantitative estimate of drug-likeness (QED) is 0.443. The first kappa shape index (κ1) is 21.5. The zero-order valence-electron chi connectivity index (χ0n) is 16.9. The molecule has 0 spiro atoms. The van der Waals surface area contributed by atoms with Crippen LogP contribution < -0.4 is 16.2 Å². The highest BCUT2D eigenvalue weighted by Gasteiger charge is 2.16. The van der Waals surface area contributed by atoms with E-state index in [1.807, 2.05) is 11.4 Å². The number of anilines is 1. The van der Waals surface area contributed by atoms with Crippen molar-refractivity contribution in [3.63, 3.8) is 0 Å². The lowest BCUT2D eigenvalue weighted by atomic mass is 10.2. The van der Waals surface area contributed by atoms with E-state index in [0.29, 0.717) is 21.6 Å². The number of carbonyl (C=O) groups excluding carboxylic acids is 1. The lowest BCUT2D eigenvalue weighted by molar-refractivity contribution is -0.118. The highest BCUT2D eigenvalue weighted by molar-refractivity contribution is 7.13. The van der Waals surface area contributed by atoms with Gasteiger partial charge in [-0.25, -0.2) is 18.7 Å². The number of thiophene rings is 1. The fourth-order valence-electron chi connectivity index (χ4n) is 3.08. The minimum Gasteiger partial charge on any atom is -0.355 e. The second-order valence-electron chi connectivity index (χ2n) is 6.88. The molecule has 4 aromatic rings. The maximum atomic E-state index is 13.4. The summed E-state index contributed by atoms with van der Waals surface area (Å²) in [6.45, 7) is 1.97. The summed E-state index contributed by atoms with van der Waals surface area (Å²) in [6.07, 6.45) is 1.49. The van der Waals surface area contributed by atoms with E-state index in [-0.39, 0.29) is 42.7 Å². The minimum atomic E-state index is -0.944. The molecule has 0 fully saturated rings. The Morgan fingerprint density at radius 3 is 2.75 bits per heavy atom. The van der Waals surface area contributed by atoms with E-state index in [9.17, 15) is 18.4 Å². The summed E-state index contributed by atoms with van der Waals surface area (Å²) in [5.41, 5.74) is 1.15. The van der Waals surface area contributed by atoms with E-state index in [4.69, 9.17) is 0 Å². The summed E-state index contributed by atoms with van der Waals surface area (Å²) < 4.78 is 28.0. The van der Waals surface area contributed by atoms with E-state index < -0.39 is 11.6 Å². The maximum absolute atomic E-state index is 13.4. The third-order valence-electron chi connectivity index (χ3n) is 4.58. The predicted molar refractivity (Wildman–Crippen MR) is 117 cm³/mol. The average molecular weight is 456 g/mol. The number of aromatic nitrogens is 4. The topological polar surface area (TPSA) is 102 Å². The predicted octanol–water partition coefficient (Wildman–Crippen LogP) is 2.94. The van der Waals surface area contributed by atoms with Gasteiger partial charge in [-0.05, 0) is 29.1 Å². The number of nitrogens with one attached hydrogen (secondary N) is 2. The van der Waals surface area contributed by atoms with Crippen molar-refractivity contribution in [2.24, 2.45) is 0 Å². The first-order valence-electron chi connectivity index (χ1n) is 9.66. The van der Waals surface area contributed by atoms with E-state index in [2.05, 4.69) is 25.6 Å². The van der Waals surface area contributed by atoms with Gasteiger partial charge in [0.15, 0.2) is 17.3 Å². The summed E-state index contributed by atoms with van der Waals surface area (Å²) in [5, 5.41) is 7.46. The van der Waals surface area contributed by atoms with Crippen LogP contribution in [0.15, 0.2) is 46.7 Å². The molecule has 0 aliphatic rings. The Morgan fingerprint density at radius 2 is 2.03 bits per heavy atom. The van der Waals surface area contributed by atoms with Gasteiger partial charge in [-0.15, -0.1) is 11.3 Å². The molecule has 3 heterocycles. The molecule has 11 heteroatoms. The van der Waals surface area contributed by atoms with Crippen LogP contribution in [0.2, 0.25) is 0 Å². The molecule has 0 unspecified atom stereocenters. The Balaban J connectivity index is 1.69. The molecule has 0 aliphatic carbocycles. The van der Waals surface area contributed by atoms with Gasteiger partial charge in [0.2, 0.25) is 11.9 Å². The van der Waals surface area contributed by atoms with E-state index in [1.54, 1.807) is 6.07 Å². The number of fused-ring (bicyclic) bond motifs is 1. The van der Waals surface area contributed by atoms with E-state index in [0.717, 1.165) is 12.1 Å². The van der Waals surface area contributed by atoms with E-state index in [1.165, 1.54) is 35.1 Å². The molecule has 0 saturated carbocycles. The highest BCUT2D eigenvalue weighted by Crippen LogP contribution is 2.22. The maximum Gasteiger partial charge on any atom is 0.279 e. The Labute approximate surface area is 185 Å². The molecule has 0 aliphatic heterocycles. The SMILES string of the molecule is CC(=O)NCCn1c(=O)c(-c2cccs2)nc2cnc(NCc3ccc(F)c(F)c3)nc21. The Kier molecular flexibility index (Phi) is 6.17. The molecule has 8 nitrogen and oxygen atoms in total. The number of halogens is 2. The summed E-state index contributed by atoms with van der Waals surface area (Å²) in [4.78, 5) is 38.2. The van der Waals surface area contributed by atoms with Crippen molar-refractivity contribution in [2.75, 3.05) is 11.9 Å². The molecular weight excluding hydrogens is 438 g/mol. The Hall–Kier alpha value is -3.73. The lowest BCUT2D eigenvalue weighted by Gasteiger charge is -2.12. The minimum absolute atomic E-state index is 0.152. The average Bonchev–Trinajstić information content (AvgIpc) is 3.30. The molecule has 1 aromatic carbocycles. The van der Waals surface area contributed by atoms with Crippen LogP contribution in [0.25, 0.3) is 21.7 Å². The molecule has 0 bridgehead atoms. The molecule has 2 N–H and O–H groups in total. The molecule has 0 saturated heterocycles. The number of nitrogens with zero attached hydrogens (tertiary/aromatic N) is 4. The number of hydrogen-bond donors (Lipinski definition) is 2. The molecule has 3 aromatic heterocycles. The van der Waals surface area contributed by atoms with Crippen LogP contribution in [0.4, 0.5) is 14.7 Å². The number of rotatable bonds is 7. The Bertz CT molecular complexity index is 1340. The second kappa shape index (κ2) is 9.18. The van der Waals surface area contributed by atoms with Gasteiger partial charge in [-0.1, -0.05) is 12.1 Å². The van der Waals surface area contributed by atoms with Gasteiger partial charge in [0.05, 0.1) is 11.1 Å². The zero-order chi connectivity index (χ0) is 22.7. The zero-order valence-corrected chi connectivity index (χ0v) is 17.7. The summed E-state index contributed by atoms with van der Waals surface area (Å²) in [6, 6.07) is 7.21. The van der Waals surface area contributed by atoms with Crippen molar-refractivity contribution in [1.82, 2.24) is 24.8 Å². The van der Waals surface area contributed by atoms with Crippen LogP contribution in [0, 0.1) is 11.6 Å². The van der Waals surface area contributed by atoms with Crippen LogP contribution >= 0.6 is 11.3 Å². The molecule has 1 amide bonds. The smallest absolute Gasteiger partial charge is 0.279 e. The van der Waals surface area contributed by atoms with Crippen LogP contribution in [-0.2, 0) is 17.9 Å². The van der Waals surface area contributed by atoms with Gasteiger partial charge in [0.25, 0.3) is 5.56 Å². The molecule has 4 rings (SSSR count). The van der Waals surface area contributed by atoms with Gasteiger partial charge >= 0.3 is 0 Å². The van der Waals surface area contributed by atoms with Crippen molar-refractivity contribution in [3.05, 3.63) is 69.5 Å². The van der Waals surface area contributed by atoms with Crippen LogP contribution in [-0.4, -0.2) is 32.0 Å². The fourth-order valence-corrected chi connectivity index (χ4v) is 3.78. The number of benzene rings is 1. The number of amides is 1. The van der Waals surface area contributed by atoms with Crippen molar-refractivity contribution in [3.8, 4) is 10.6 Å². The molecule has 32 heavy (non-hydrogen) atoms. The van der Waals surface area contributed by atoms with Crippen LogP contribution in [0.3, 0.4) is 0 Å². The summed E-state index contributed by atoms with van der Waals surface area (Å²) in [5.74, 6) is -1.88. The normalized spacial score (nSPS) is 11.0. The first-order valence-corrected chi connectivity index (χ1v) is 10.5. The van der Waals surface area contributed by atoms with Gasteiger partial charge in [-0.3, -0.25) is 14.2 Å². The largest absolute Gasteiger partial charge is 0.355 e. The third-order valence-corrected chi connectivity index (χ3v) is 5.46. The van der Waals surface area contributed by atoms with Crippen molar-refractivity contribution < 1.29 is 13.6 Å². The number of hydrogen-bond acceptors (Lipinski definition) is 7. The number of carbonyl (C=O) groups is 1. The highest BCUT2D eigenvalue weighted by atomic mass is 32.1. The monoisotopic (exact) mass is 456 g/mol. The summed E-state index contributed by atoms with van der Waals surface area (Å²) in [7, 11) is 0. The van der Waals surface area contributed by atoms with Gasteiger partial charge < -0.3 is 10.6 Å². The third kappa shape index (κ3) is 4.62. The summed E-state index contributed by atoms with van der Waals surface area (Å²) >= 11 is 1.39. The molecule has 0 atom stereocenters. The van der Waals surface area contributed by atoms with Crippen LogP contribution in [0.5, 0.6) is 0 Å². The Morgan fingerprint density at radius 1 is 1.19 bits per heavy atom. The standard InChI is InChI=1S/C21H18F2N6O2S/c1-12(30)24-6-7-29-19-16(27-18(20(29)31)17-3-2-8-32-17)11-26-21(28-19)25-10-13-4-5-14(22)15(23)9-13/h2-5,8-9,11H,6-7,10H2,1H3,(H,24,30)(H,25,26,28). The first-order chi connectivity index (χ1) is 15.4. The fraction of sp³-hybridized carbons (Fsp3) is 0.190. The lowest BCUT2D eigenvalue weighted by Crippen LogP contribution is -2.31. The van der Waals surface area contributed by atoms with Crippen molar-refractivity contribution >= 4 is 34.4 Å². The second-order valence-corrected chi connectivity index (χ2v) is 7.83. The van der Waals surface area contributed by atoms with Gasteiger partial charge in [0, 0.05) is 26.6 Å². The van der Waals surface area contributed by atoms with E-state index >= 15 is 0 Å². The molecular formula is C21H18F2N6O2S. The molecule has 164 valence electrons.